The van der Waals surface area contributed by atoms with Crippen LogP contribution in [0.2, 0.25) is 5.02 Å². The van der Waals surface area contributed by atoms with Gasteiger partial charge in [0.05, 0.1) is 0 Å². The Labute approximate surface area is 142 Å². The molecular weight excluding hydrogens is 334 g/mol. The van der Waals surface area contributed by atoms with Crippen molar-refractivity contribution in [3.05, 3.63) is 77.1 Å². The monoisotopic (exact) mass is 346 g/mol. The number of anilines is 3. The van der Waals surface area contributed by atoms with Crippen LogP contribution < -0.4 is 10.6 Å². The molecule has 2 aromatic carbocycles. The normalized spacial score (nSPS) is 10.5. The molecule has 0 bridgehead atoms. The van der Waals surface area contributed by atoms with Gasteiger partial charge in [0.1, 0.15) is 35.3 Å². The topological polar surface area (TPSA) is 49.8 Å². The lowest BCUT2D eigenvalue weighted by Gasteiger charge is -2.10. The average molecular weight is 347 g/mol. The van der Waals surface area contributed by atoms with E-state index in [1.165, 1.54) is 24.5 Å². The molecule has 4 nitrogen and oxygen atoms in total. The number of para-hydroxylation sites is 1. The number of nitrogens with one attached hydrogen (secondary N) is 2. The van der Waals surface area contributed by atoms with Crippen molar-refractivity contribution in [2.75, 3.05) is 10.6 Å². The molecule has 0 aliphatic rings. The molecule has 0 radical (unpaired) electrons. The van der Waals surface area contributed by atoms with Crippen LogP contribution in [-0.4, -0.2) is 9.97 Å². The van der Waals surface area contributed by atoms with Gasteiger partial charge in [0, 0.05) is 17.6 Å². The maximum atomic E-state index is 13.7. The Morgan fingerprint density at radius 2 is 1.62 bits per heavy atom. The number of hydrogen-bond acceptors (Lipinski definition) is 4. The van der Waals surface area contributed by atoms with Crippen molar-refractivity contribution in [3.63, 3.8) is 0 Å². The van der Waals surface area contributed by atoms with Gasteiger partial charge >= 0.3 is 0 Å². The van der Waals surface area contributed by atoms with E-state index in [-0.39, 0.29) is 11.5 Å². The van der Waals surface area contributed by atoms with Gasteiger partial charge in [-0.2, -0.15) is 0 Å². The van der Waals surface area contributed by atoms with Gasteiger partial charge in [-0.1, -0.05) is 35.9 Å². The van der Waals surface area contributed by atoms with Crippen LogP contribution in [0, 0.1) is 11.6 Å². The molecule has 0 aliphatic carbocycles. The Morgan fingerprint density at radius 1 is 0.917 bits per heavy atom. The van der Waals surface area contributed by atoms with Gasteiger partial charge in [0.15, 0.2) is 0 Å². The first-order valence-corrected chi connectivity index (χ1v) is 7.51. The molecule has 0 atom stereocenters. The largest absolute Gasteiger partial charge is 0.366 e. The second-order valence-corrected chi connectivity index (χ2v) is 5.36. The van der Waals surface area contributed by atoms with Crippen molar-refractivity contribution >= 4 is 28.9 Å². The minimum absolute atomic E-state index is 0.256. The predicted octanol–water partition coefficient (Wildman–Crippen LogP) is 4.76. The summed E-state index contributed by atoms with van der Waals surface area (Å²) in [4.78, 5) is 8.05. The summed E-state index contributed by atoms with van der Waals surface area (Å²) in [6, 6.07) is 12.6. The first-order chi connectivity index (χ1) is 11.6. The molecule has 0 fully saturated rings. The molecule has 0 saturated carbocycles. The summed E-state index contributed by atoms with van der Waals surface area (Å²) in [5.41, 5.74) is 0.653. The van der Waals surface area contributed by atoms with E-state index in [9.17, 15) is 8.78 Å². The summed E-state index contributed by atoms with van der Waals surface area (Å²) < 4.78 is 27.3. The van der Waals surface area contributed by atoms with Gasteiger partial charge in [0.25, 0.3) is 0 Å². The highest BCUT2D eigenvalue weighted by atomic mass is 35.5. The SMILES string of the molecule is Fc1cccc(F)c1Nc1cc(NCc2ccccc2Cl)ncn1. The molecule has 1 aromatic heterocycles. The van der Waals surface area contributed by atoms with E-state index >= 15 is 0 Å². The van der Waals surface area contributed by atoms with Crippen LogP contribution in [0.4, 0.5) is 26.1 Å². The highest BCUT2D eigenvalue weighted by Gasteiger charge is 2.09. The number of benzene rings is 2. The highest BCUT2D eigenvalue weighted by Crippen LogP contribution is 2.23. The van der Waals surface area contributed by atoms with Gasteiger partial charge in [-0.05, 0) is 23.8 Å². The molecular formula is C17H13ClF2N4. The number of hydrogen-bond donors (Lipinski definition) is 2. The molecule has 7 heteroatoms. The van der Waals surface area contributed by atoms with Crippen molar-refractivity contribution < 1.29 is 8.78 Å². The summed E-state index contributed by atoms with van der Waals surface area (Å²) in [7, 11) is 0. The van der Waals surface area contributed by atoms with E-state index in [4.69, 9.17) is 11.6 Å². The third kappa shape index (κ3) is 3.78. The molecule has 0 spiro atoms. The quantitative estimate of drug-likeness (QED) is 0.699. The lowest BCUT2D eigenvalue weighted by Crippen LogP contribution is -2.04. The standard InChI is InChI=1S/C17H13ClF2N4/c18-12-5-2-1-4-11(12)9-21-15-8-16(23-10-22-15)24-17-13(19)6-3-7-14(17)20/h1-8,10H,9H2,(H2,21,22,23,24). The zero-order valence-electron chi connectivity index (χ0n) is 12.4. The molecule has 0 amide bonds. The van der Waals surface area contributed by atoms with Crippen LogP contribution in [0.25, 0.3) is 0 Å². The van der Waals surface area contributed by atoms with E-state index in [1.54, 1.807) is 12.1 Å². The van der Waals surface area contributed by atoms with Gasteiger partial charge in [-0.25, -0.2) is 18.7 Å². The fraction of sp³-hybridized carbons (Fsp3) is 0.0588. The summed E-state index contributed by atoms with van der Waals surface area (Å²) in [5, 5.41) is 6.36. The molecule has 1 heterocycles. The maximum Gasteiger partial charge on any atom is 0.149 e. The van der Waals surface area contributed by atoms with Gasteiger partial charge in [-0.15, -0.1) is 0 Å². The van der Waals surface area contributed by atoms with E-state index in [2.05, 4.69) is 20.6 Å². The Kier molecular flexibility index (Phi) is 4.86. The lowest BCUT2D eigenvalue weighted by molar-refractivity contribution is 0.590. The number of halogens is 3. The summed E-state index contributed by atoms with van der Waals surface area (Å²) in [6.07, 6.45) is 1.30. The van der Waals surface area contributed by atoms with Crippen molar-refractivity contribution in [1.29, 1.82) is 0 Å². The molecule has 3 aromatic rings. The molecule has 0 unspecified atom stereocenters. The van der Waals surface area contributed by atoms with Gasteiger partial charge in [-0.3, -0.25) is 0 Å². The summed E-state index contributed by atoms with van der Waals surface area (Å²) in [6.45, 7) is 0.462. The Balaban J connectivity index is 1.74. The third-order valence-electron chi connectivity index (χ3n) is 3.30. The average Bonchev–Trinajstić information content (AvgIpc) is 2.58. The van der Waals surface area contributed by atoms with Crippen LogP contribution in [-0.2, 0) is 6.54 Å². The van der Waals surface area contributed by atoms with Crippen molar-refractivity contribution in [2.24, 2.45) is 0 Å². The second-order valence-electron chi connectivity index (χ2n) is 4.96. The smallest absolute Gasteiger partial charge is 0.149 e. The zero-order valence-corrected chi connectivity index (χ0v) is 13.2. The van der Waals surface area contributed by atoms with Gasteiger partial charge in [0.2, 0.25) is 0 Å². The predicted molar refractivity (Wildman–Crippen MR) is 90.5 cm³/mol. The Morgan fingerprint density at radius 3 is 2.38 bits per heavy atom. The molecule has 0 aliphatic heterocycles. The Bertz CT molecular complexity index is 837. The fourth-order valence-electron chi connectivity index (χ4n) is 2.10. The van der Waals surface area contributed by atoms with Crippen LogP contribution in [0.3, 0.4) is 0 Å². The number of aromatic nitrogens is 2. The first kappa shape index (κ1) is 16.1. The van der Waals surface area contributed by atoms with Crippen molar-refractivity contribution in [1.82, 2.24) is 9.97 Å². The highest BCUT2D eigenvalue weighted by molar-refractivity contribution is 6.31. The van der Waals surface area contributed by atoms with Crippen molar-refractivity contribution in [3.8, 4) is 0 Å². The third-order valence-corrected chi connectivity index (χ3v) is 3.67. The molecule has 0 saturated heterocycles. The molecule has 122 valence electrons. The lowest BCUT2D eigenvalue weighted by atomic mass is 10.2. The summed E-state index contributed by atoms with van der Waals surface area (Å²) >= 11 is 6.10. The first-order valence-electron chi connectivity index (χ1n) is 7.14. The summed E-state index contributed by atoms with van der Waals surface area (Å²) in [5.74, 6) is -0.613. The van der Waals surface area contributed by atoms with Crippen LogP contribution in [0.5, 0.6) is 0 Å². The zero-order chi connectivity index (χ0) is 16.9. The number of nitrogens with zero attached hydrogens (tertiary/aromatic N) is 2. The molecule has 3 rings (SSSR count). The molecule has 2 N–H and O–H groups in total. The van der Waals surface area contributed by atoms with E-state index in [0.717, 1.165) is 5.56 Å². The van der Waals surface area contributed by atoms with Crippen LogP contribution in [0.15, 0.2) is 54.9 Å². The Hall–Kier alpha value is -2.73. The number of rotatable bonds is 5. The minimum atomic E-state index is -0.695. The fourth-order valence-corrected chi connectivity index (χ4v) is 2.30. The van der Waals surface area contributed by atoms with Crippen LogP contribution >= 0.6 is 11.6 Å². The molecule has 24 heavy (non-hydrogen) atoms. The second kappa shape index (κ2) is 7.23. The van der Waals surface area contributed by atoms with E-state index in [1.807, 2.05) is 18.2 Å². The minimum Gasteiger partial charge on any atom is -0.366 e. The maximum absolute atomic E-state index is 13.7. The van der Waals surface area contributed by atoms with Crippen molar-refractivity contribution in [2.45, 2.75) is 6.54 Å². The van der Waals surface area contributed by atoms with E-state index in [0.29, 0.717) is 17.4 Å². The van der Waals surface area contributed by atoms with Crippen LogP contribution in [0.1, 0.15) is 5.56 Å². The van der Waals surface area contributed by atoms with E-state index < -0.39 is 11.6 Å². The van der Waals surface area contributed by atoms with Gasteiger partial charge < -0.3 is 10.6 Å².